The summed E-state index contributed by atoms with van der Waals surface area (Å²) in [6.45, 7) is 5.51. The summed E-state index contributed by atoms with van der Waals surface area (Å²) in [5, 5.41) is 10.6. The van der Waals surface area contributed by atoms with Gasteiger partial charge in [-0.2, -0.15) is 4.98 Å². The van der Waals surface area contributed by atoms with Crippen LogP contribution in [0.3, 0.4) is 0 Å². The van der Waals surface area contributed by atoms with E-state index in [9.17, 15) is 5.11 Å². The van der Waals surface area contributed by atoms with E-state index in [-0.39, 0.29) is 5.92 Å². The number of piperidine rings is 1. The summed E-state index contributed by atoms with van der Waals surface area (Å²) >= 11 is 5.89. The van der Waals surface area contributed by atoms with Crippen LogP contribution in [0.1, 0.15) is 26.7 Å². The van der Waals surface area contributed by atoms with Crippen LogP contribution in [0.15, 0.2) is 12.1 Å². The number of rotatable bonds is 3. The van der Waals surface area contributed by atoms with Gasteiger partial charge in [0.15, 0.2) is 0 Å². The molecule has 0 bridgehead atoms. The molecule has 1 unspecified atom stereocenters. The van der Waals surface area contributed by atoms with Crippen molar-refractivity contribution in [1.29, 1.82) is 0 Å². The van der Waals surface area contributed by atoms with E-state index in [4.69, 9.17) is 16.3 Å². The van der Waals surface area contributed by atoms with E-state index >= 15 is 0 Å². The zero-order valence-electron chi connectivity index (χ0n) is 11.7. The Labute approximate surface area is 119 Å². The Balaban J connectivity index is 2.22. The highest BCUT2D eigenvalue weighted by atomic mass is 35.5. The van der Waals surface area contributed by atoms with Gasteiger partial charge in [0.1, 0.15) is 5.15 Å². The van der Waals surface area contributed by atoms with Crippen molar-refractivity contribution in [2.75, 3.05) is 25.1 Å². The molecule has 1 aliphatic heterocycles. The summed E-state index contributed by atoms with van der Waals surface area (Å²) in [5.74, 6) is 0.797. The van der Waals surface area contributed by atoms with Gasteiger partial charge in [0, 0.05) is 19.0 Å². The standard InChI is InChI=1S/C14H21ClN2O2/c1-14(2,18)10-5-4-8-17(9-10)11-6-7-12(15)16-13(11)19-3/h6-7,10,18H,4-5,8-9H2,1-3H3. The summed E-state index contributed by atoms with van der Waals surface area (Å²) < 4.78 is 5.30. The maximum Gasteiger partial charge on any atom is 0.238 e. The third-order valence-corrected chi connectivity index (χ3v) is 3.97. The maximum atomic E-state index is 10.2. The lowest BCUT2D eigenvalue weighted by Gasteiger charge is -2.40. The molecule has 5 heteroatoms. The van der Waals surface area contributed by atoms with Crippen molar-refractivity contribution in [2.24, 2.45) is 5.92 Å². The van der Waals surface area contributed by atoms with Gasteiger partial charge in [-0.1, -0.05) is 11.6 Å². The van der Waals surface area contributed by atoms with Crippen LogP contribution in [0.25, 0.3) is 0 Å². The van der Waals surface area contributed by atoms with E-state index in [0.29, 0.717) is 11.0 Å². The Morgan fingerprint density at radius 1 is 1.47 bits per heavy atom. The molecule has 1 aromatic rings. The molecule has 1 atom stereocenters. The minimum Gasteiger partial charge on any atom is -0.479 e. The van der Waals surface area contributed by atoms with Crippen molar-refractivity contribution >= 4 is 17.3 Å². The number of pyridine rings is 1. The third kappa shape index (κ3) is 3.31. The molecule has 1 fully saturated rings. The number of anilines is 1. The summed E-state index contributed by atoms with van der Waals surface area (Å²) in [7, 11) is 1.60. The Kier molecular flexibility index (Phi) is 4.21. The zero-order valence-corrected chi connectivity index (χ0v) is 12.4. The van der Waals surface area contributed by atoms with E-state index in [0.717, 1.165) is 31.6 Å². The molecular weight excluding hydrogens is 264 g/mol. The summed E-state index contributed by atoms with van der Waals surface area (Å²) in [6, 6.07) is 3.70. The second-order valence-electron chi connectivity index (χ2n) is 5.60. The molecule has 0 spiro atoms. The van der Waals surface area contributed by atoms with E-state index in [1.54, 1.807) is 13.2 Å². The first kappa shape index (κ1) is 14.4. The highest BCUT2D eigenvalue weighted by Crippen LogP contribution is 2.34. The Morgan fingerprint density at radius 2 is 2.21 bits per heavy atom. The number of aliphatic hydroxyl groups is 1. The fourth-order valence-corrected chi connectivity index (χ4v) is 2.71. The van der Waals surface area contributed by atoms with E-state index in [2.05, 4.69) is 9.88 Å². The molecule has 1 aliphatic rings. The highest BCUT2D eigenvalue weighted by molar-refractivity contribution is 6.29. The quantitative estimate of drug-likeness (QED) is 0.867. The Bertz CT molecular complexity index is 446. The van der Waals surface area contributed by atoms with Crippen LogP contribution < -0.4 is 9.64 Å². The number of hydrogen-bond acceptors (Lipinski definition) is 4. The van der Waals surface area contributed by atoms with Gasteiger partial charge in [-0.25, -0.2) is 0 Å². The number of aromatic nitrogens is 1. The molecule has 1 aromatic heterocycles. The van der Waals surface area contributed by atoms with Crippen LogP contribution in [-0.2, 0) is 0 Å². The molecule has 2 heterocycles. The van der Waals surface area contributed by atoms with Crippen LogP contribution >= 0.6 is 11.6 Å². The summed E-state index contributed by atoms with van der Waals surface area (Å²) in [5.41, 5.74) is 0.284. The average Bonchev–Trinajstić information content (AvgIpc) is 2.37. The van der Waals surface area contributed by atoms with Crippen molar-refractivity contribution in [3.05, 3.63) is 17.3 Å². The lowest BCUT2D eigenvalue weighted by Crippen LogP contribution is -2.44. The molecule has 0 amide bonds. The first-order valence-corrected chi connectivity index (χ1v) is 6.97. The SMILES string of the molecule is COc1nc(Cl)ccc1N1CCCC(C(C)(C)O)C1. The fourth-order valence-electron chi connectivity index (χ4n) is 2.57. The van der Waals surface area contributed by atoms with Crippen LogP contribution in [0.4, 0.5) is 5.69 Å². The van der Waals surface area contributed by atoms with Crippen LogP contribution in [0.2, 0.25) is 5.15 Å². The molecule has 0 saturated carbocycles. The molecule has 0 aromatic carbocycles. The maximum absolute atomic E-state index is 10.2. The van der Waals surface area contributed by atoms with Crippen molar-refractivity contribution in [2.45, 2.75) is 32.3 Å². The molecule has 1 saturated heterocycles. The summed E-state index contributed by atoms with van der Waals surface area (Å²) in [6.07, 6.45) is 2.10. The summed E-state index contributed by atoms with van der Waals surface area (Å²) in [4.78, 5) is 6.41. The van der Waals surface area contributed by atoms with Gasteiger partial charge in [-0.15, -0.1) is 0 Å². The van der Waals surface area contributed by atoms with Gasteiger partial charge >= 0.3 is 0 Å². The molecule has 19 heavy (non-hydrogen) atoms. The lowest BCUT2D eigenvalue weighted by atomic mass is 9.84. The number of methoxy groups -OCH3 is 1. The fraction of sp³-hybridized carbons (Fsp3) is 0.643. The van der Waals surface area contributed by atoms with Gasteiger partial charge in [0.25, 0.3) is 0 Å². The Hall–Kier alpha value is -1.00. The van der Waals surface area contributed by atoms with Gasteiger partial charge in [-0.05, 0) is 38.8 Å². The molecule has 0 radical (unpaired) electrons. The minimum atomic E-state index is -0.661. The van der Waals surface area contributed by atoms with E-state index in [1.807, 2.05) is 19.9 Å². The minimum absolute atomic E-state index is 0.252. The monoisotopic (exact) mass is 284 g/mol. The Morgan fingerprint density at radius 3 is 2.84 bits per heavy atom. The second-order valence-corrected chi connectivity index (χ2v) is 5.99. The third-order valence-electron chi connectivity index (χ3n) is 3.76. The molecule has 1 N–H and O–H groups in total. The normalized spacial score (nSPS) is 20.5. The molecule has 4 nitrogen and oxygen atoms in total. The molecular formula is C14H21ClN2O2. The largest absolute Gasteiger partial charge is 0.479 e. The number of ether oxygens (including phenoxy) is 1. The van der Waals surface area contributed by atoms with Gasteiger partial charge in [0.2, 0.25) is 5.88 Å². The lowest BCUT2D eigenvalue weighted by molar-refractivity contribution is 0.0110. The number of halogens is 1. The first-order valence-electron chi connectivity index (χ1n) is 6.59. The molecule has 2 rings (SSSR count). The topological polar surface area (TPSA) is 45.6 Å². The van der Waals surface area contributed by atoms with Crippen LogP contribution in [0, 0.1) is 5.92 Å². The highest BCUT2D eigenvalue weighted by Gasteiger charge is 2.32. The zero-order chi connectivity index (χ0) is 14.0. The van der Waals surface area contributed by atoms with Crippen LogP contribution in [-0.4, -0.2) is 35.9 Å². The van der Waals surface area contributed by atoms with Crippen molar-refractivity contribution in [3.8, 4) is 5.88 Å². The first-order chi connectivity index (χ1) is 8.91. The van der Waals surface area contributed by atoms with Gasteiger partial charge < -0.3 is 14.7 Å². The van der Waals surface area contributed by atoms with Gasteiger partial charge in [-0.3, -0.25) is 0 Å². The predicted molar refractivity (Wildman–Crippen MR) is 77.0 cm³/mol. The van der Waals surface area contributed by atoms with Crippen LogP contribution in [0.5, 0.6) is 5.88 Å². The smallest absolute Gasteiger partial charge is 0.238 e. The average molecular weight is 285 g/mol. The molecule has 0 aliphatic carbocycles. The van der Waals surface area contributed by atoms with E-state index in [1.165, 1.54) is 0 Å². The van der Waals surface area contributed by atoms with Crippen molar-refractivity contribution in [3.63, 3.8) is 0 Å². The second kappa shape index (κ2) is 5.55. The molecule has 106 valence electrons. The van der Waals surface area contributed by atoms with Gasteiger partial charge in [0.05, 0.1) is 18.4 Å². The predicted octanol–water partition coefficient (Wildman–Crippen LogP) is 2.73. The van der Waals surface area contributed by atoms with E-state index < -0.39 is 5.60 Å². The van der Waals surface area contributed by atoms with Crippen molar-refractivity contribution in [1.82, 2.24) is 4.98 Å². The number of nitrogens with zero attached hydrogens (tertiary/aromatic N) is 2. The van der Waals surface area contributed by atoms with Crippen molar-refractivity contribution < 1.29 is 9.84 Å². The number of hydrogen-bond donors (Lipinski definition) is 1.